The van der Waals surface area contributed by atoms with Crippen molar-refractivity contribution < 1.29 is 8.98 Å². The van der Waals surface area contributed by atoms with Crippen LogP contribution in [0.5, 0.6) is 0 Å². The van der Waals surface area contributed by atoms with E-state index in [0.717, 1.165) is 4.90 Å². The Hall–Kier alpha value is -0.650. The molecule has 1 heterocycles. The molecule has 1 aliphatic heterocycles. The molecule has 0 aromatic heterocycles. The molecule has 1 amide bonds. The molecule has 0 aliphatic carbocycles. The second kappa shape index (κ2) is 5.12. The van der Waals surface area contributed by atoms with Crippen molar-refractivity contribution >= 4 is 30.6 Å². The lowest BCUT2D eigenvalue weighted by Crippen LogP contribution is -2.54. The third-order valence-electron chi connectivity index (χ3n) is 2.48. The molecule has 0 atom stereocenters. The van der Waals surface area contributed by atoms with E-state index in [1.54, 1.807) is 17.0 Å². The van der Waals surface area contributed by atoms with Gasteiger partial charge in [-0.05, 0) is 36.3 Å². The number of carbonyl (C=O) groups excluding carboxylic acids is 1. The fraction of sp³-hybridized carbons (Fsp3) is 0.364. The molecular weight excluding hydrogens is 242 g/mol. The van der Waals surface area contributed by atoms with Crippen molar-refractivity contribution in [3.63, 3.8) is 0 Å². The van der Waals surface area contributed by atoms with Crippen LogP contribution in [0.4, 0.5) is 0 Å². The van der Waals surface area contributed by atoms with E-state index >= 15 is 0 Å². The average molecular weight is 255 g/mol. The monoisotopic (exact) mass is 255 g/mol. The molecule has 0 radical (unpaired) electrons. The highest BCUT2D eigenvalue weighted by atomic mass is 32.2. The maximum atomic E-state index is 11.9. The number of thiol groups is 1. The zero-order chi connectivity index (χ0) is 11.5. The smallest absolute Gasteiger partial charge is 0.254 e. The third kappa shape index (κ3) is 2.53. The van der Waals surface area contributed by atoms with E-state index in [4.69, 9.17) is 4.18 Å². The van der Waals surface area contributed by atoms with Crippen molar-refractivity contribution in [2.45, 2.75) is 11.0 Å². The maximum absolute atomic E-state index is 11.9. The summed E-state index contributed by atoms with van der Waals surface area (Å²) in [5.74, 6) is 0.0642. The van der Waals surface area contributed by atoms with Gasteiger partial charge >= 0.3 is 0 Å². The number of carbonyl (C=O) groups is 1. The van der Waals surface area contributed by atoms with Gasteiger partial charge in [-0.2, -0.15) is 0 Å². The van der Waals surface area contributed by atoms with Gasteiger partial charge in [-0.25, -0.2) is 0 Å². The van der Waals surface area contributed by atoms with E-state index in [9.17, 15) is 4.79 Å². The van der Waals surface area contributed by atoms with Crippen LogP contribution in [0.15, 0.2) is 29.2 Å². The summed E-state index contributed by atoms with van der Waals surface area (Å²) in [4.78, 5) is 14.6. The van der Waals surface area contributed by atoms with Gasteiger partial charge in [0.15, 0.2) is 0 Å². The third-order valence-corrected chi connectivity index (χ3v) is 3.24. The standard InChI is InChI=1S/C11H13NO2S2/c1-16-14-9-6-12(7-9)11(13)8-2-4-10(15)5-3-8/h2-5,9,15H,6-7H2,1H3. The van der Waals surface area contributed by atoms with Crippen LogP contribution >= 0.6 is 24.7 Å². The molecule has 0 spiro atoms. The fourth-order valence-electron chi connectivity index (χ4n) is 1.59. The number of likely N-dealkylation sites (tertiary alicyclic amines) is 1. The van der Waals surface area contributed by atoms with Crippen molar-refractivity contribution in [1.29, 1.82) is 0 Å². The SMILES string of the molecule is CSOC1CN(C(=O)c2ccc(S)cc2)C1. The number of amides is 1. The van der Waals surface area contributed by atoms with Crippen LogP contribution in [0, 0.1) is 0 Å². The molecular formula is C11H13NO2S2. The zero-order valence-corrected chi connectivity index (χ0v) is 10.6. The molecule has 5 heteroatoms. The molecule has 1 saturated heterocycles. The molecule has 3 nitrogen and oxygen atoms in total. The summed E-state index contributed by atoms with van der Waals surface area (Å²) >= 11 is 5.53. The van der Waals surface area contributed by atoms with Crippen LogP contribution in [0.3, 0.4) is 0 Å². The Balaban J connectivity index is 1.92. The lowest BCUT2D eigenvalue weighted by atomic mass is 10.1. The quantitative estimate of drug-likeness (QED) is 0.662. The Bertz CT molecular complexity index is 374. The molecule has 1 fully saturated rings. The van der Waals surface area contributed by atoms with Gasteiger partial charge in [-0.1, -0.05) is 0 Å². The van der Waals surface area contributed by atoms with Gasteiger partial charge < -0.3 is 9.08 Å². The molecule has 0 bridgehead atoms. The van der Waals surface area contributed by atoms with Crippen LogP contribution < -0.4 is 0 Å². The van der Waals surface area contributed by atoms with Crippen LogP contribution in [-0.4, -0.2) is 36.3 Å². The van der Waals surface area contributed by atoms with E-state index in [-0.39, 0.29) is 12.0 Å². The van der Waals surface area contributed by atoms with Crippen molar-refractivity contribution in [3.8, 4) is 0 Å². The number of rotatable bonds is 3. The molecule has 1 aromatic rings. The summed E-state index contributed by atoms with van der Waals surface area (Å²) in [5, 5.41) is 0. The summed E-state index contributed by atoms with van der Waals surface area (Å²) in [6.07, 6.45) is 2.07. The van der Waals surface area contributed by atoms with E-state index in [0.29, 0.717) is 18.7 Å². The molecule has 1 aromatic carbocycles. The second-order valence-electron chi connectivity index (χ2n) is 3.64. The summed E-state index contributed by atoms with van der Waals surface area (Å²) in [7, 11) is 0. The topological polar surface area (TPSA) is 29.5 Å². The fourth-order valence-corrected chi connectivity index (χ4v) is 2.13. The number of benzene rings is 1. The van der Waals surface area contributed by atoms with Gasteiger partial charge in [-0.3, -0.25) is 4.79 Å². The highest BCUT2D eigenvalue weighted by Crippen LogP contribution is 2.19. The van der Waals surface area contributed by atoms with E-state index in [2.05, 4.69) is 12.6 Å². The molecule has 0 saturated carbocycles. The summed E-state index contributed by atoms with van der Waals surface area (Å²) in [6.45, 7) is 1.37. The Morgan fingerprint density at radius 1 is 1.44 bits per heavy atom. The number of hydrogen-bond acceptors (Lipinski definition) is 4. The van der Waals surface area contributed by atoms with Gasteiger partial charge in [-0.15, -0.1) is 12.6 Å². The molecule has 0 N–H and O–H groups in total. The number of hydrogen-bond donors (Lipinski definition) is 1. The Kier molecular flexibility index (Phi) is 3.78. The predicted molar refractivity (Wildman–Crippen MR) is 68.0 cm³/mol. The molecule has 1 aliphatic rings. The first-order valence-electron chi connectivity index (χ1n) is 4.98. The molecule has 86 valence electrons. The van der Waals surface area contributed by atoms with Gasteiger partial charge in [0, 0.05) is 16.7 Å². The summed E-state index contributed by atoms with van der Waals surface area (Å²) < 4.78 is 5.32. The molecule has 2 rings (SSSR count). The maximum Gasteiger partial charge on any atom is 0.254 e. The molecule has 0 unspecified atom stereocenters. The van der Waals surface area contributed by atoms with Gasteiger partial charge in [0.2, 0.25) is 0 Å². The lowest BCUT2D eigenvalue weighted by Gasteiger charge is -2.38. The first kappa shape index (κ1) is 11.8. The Morgan fingerprint density at radius 3 is 2.62 bits per heavy atom. The normalized spacial score (nSPS) is 16.0. The first-order chi connectivity index (χ1) is 7.70. The summed E-state index contributed by atoms with van der Waals surface area (Å²) in [5.41, 5.74) is 0.709. The van der Waals surface area contributed by atoms with Gasteiger partial charge in [0.1, 0.15) is 6.10 Å². The zero-order valence-electron chi connectivity index (χ0n) is 8.92. The van der Waals surface area contributed by atoms with Crippen LogP contribution in [0.25, 0.3) is 0 Å². The highest BCUT2D eigenvalue weighted by molar-refractivity contribution is 7.93. The minimum absolute atomic E-state index is 0.0642. The Morgan fingerprint density at radius 2 is 2.06 bits per heavy atom. The molecule has 16 heavy (non-hydrogen) atoms. The van der Waals surface area contributed by atoms with Crippen LogP contribution in [0.2, 0.25) is 0 Å². The van der Waals surface area contributed by atoms with Crippen LogP contribution in [-0.2, 0) is 4.18 Å². The van der Waals surface area contributed by atoms with Gasteiger partial charge in [0.25, 0.3) is 5.91 Å². The van der Waals surface area contributed by atoms with E-state index in [1.807, 2.05) is 18.4 Å². The largest absolute Gasteiger partial charge is 0.333 e. The van der Waals surface area contributed by atoms with Gasteiger partial charge in [0.05, 0.1) is 13.1 Å². The number of nitrogens with zero attached hydrogens (tertiary/aromatic N) is 1. The summed E-state index contributed by atoms with van der Waals surface area (Å²) in [6, 6.07) is 7.25. The van der Waals surface area contributed by atoms with Crippen molar-refractivity contribution in [2.24, 2.45) is 0 Å². The average Bonchev–Trinajstić information content (AvgIpc) is 2.23. The minimum Gasteiger partial charge on any atom is -0.333 e. The second-order valence-corrected chi connectivity index (χ2v) is 4.68. The van der Waals surface area contributed by atoms with Crippen molar-refractivity contribution in [1.82, 2.24) is 4.90 Å². The van der Waals surface area contributed by atoms with E-state index in [1.165, 1.54) is 12.0 Å². The predicted octanol–water partition coefficient (Wildman–Crippen LogP) is 2.09. The van der Waals surface area contributed by atoms with Crippen molar-refractivity contribution in [3.05, 3.63) is 29.8 Å². The highest BCUT2D eigenvalue weighted by Gasteiger charge is 2.31. The lowest BCUT2D eigenvalue weighted by molar-refractivity contribution is 0.0257. The van der Waals surface area contributed by atoms with Crippen LogP contribution in [0.1, 0.15) is 10.4 Å². The minimum atomic E-state index is 0.0642. The van der Waals surface area contributed by atoms with E-state index < -0.39 is 0 Å². The first-order valence-corrected chi connectivity index (χ1v) is 6.58. The Labute approximate surface area is 105 Å². The van der Waals surface area contributed by atoms with Crippen molar-refractivity contribution in [2.75, 3.05) is 19.3 Å².